The second-order valence-electron chi connectivity index (χ2n) is 4.96. The number of benzene rings is 1. The van der Waals surface area contributed by atoms with Crippen LogP contribution in [0.4, 0.5) is 0 Å². The Kier molecular flexibility index (Phi) is 6.88. The van der Waals surface area contributed by atoms with Crippen LogP contribution in [0.5, 0.6) is 5.75 Å². The van der Waals surface area contributed by atoms with E-state index in [1.54, 1.807) is 12.1 Å². The molecule has 1 aromatic carbocycles. The molecule has 5 heteroatoms. The molecule has 0 aliphatic rings. The lowest BCUT2D eigenvalue weighted by Gasteiger charge is -2.13. The maximum atomic E-state index is 11.5. The van der Waals surface area contributed by atoms with Gasteiger partial charge >= 0.3 is 5.97 Å². The molecule has 0 radical (unpaired) electrons. The molecule has 0 spiro atoms. The van der Waals surface area contributed by atoms with Crippen LogP contribution in [0.3, 0.4) is 0 Å². The van der Waals surface area contributed by atoms with E-state index >= 15 is 0 Å². The van der Waals surface area contributed by atoms with Crippen LogP contribution in [-0.2, 0) is 22.6 Å². The van der Waals surface area contributed by atoms with Crippen LogP contribution < -0.4 is 0 Å². The van der Waals surface area contributed by atoms with E-state index in [4.69, 9.17) is 9.84 Å². The Balaban J connectivity index is 2.75. The van der Waals surface area contributed by atoms with E-state index < -0.39 is 5.97 Å². The van der Waals surface area contributed by atoms with Crippen LogP contribution in [0.1, 0.15) is 54.6 Å². The van der Waals surface area contributed by atoms with Crippen molar-refractivity contribution in [2.45, 2.75) is 46.1 Å². The van der Waals surface area contributed by atoms with Crippen LogP contribution >= 0.6 is 0 Å². The molecule has 0 unspecified atom stereocenters. The van der Waals surface area contributed by atoms with E-state index in [2.05, 4.69) is 0 Å². The number of carbonyl (C=O) groups excluding carboxylic acids is 1. The molecule has 1 aromatic rings. The number of phenolic OH excluding ortho intramolecular Hbond substituents is 1. The van der Waals surface area contributed by atoms with Crippen LogP contribution in [0, 0.1) is 0 Å². The molecule has 2 N–H and O–H groups in total. The summed E-state index contributed by atoms with van der Waals surface area (Å²) in [6.07, 6.45) is 2.05. The fraction of sp³-hybridized carbons (Fsp3) is 0.500. The molecule has 0 saturated heterocycles. The standard InChI is InChI=1S/C16H22O5/c1-3-5-14-12(10-21-9-4-6-15(18)19)7-8-13(11(2)17)16(14)20/h7-8,20H,3-6,9-10H2,1-2H3,(H,18,19). The molecule has 0 aliphatic carbocycles. The Morgan fingerprint density at radius 3 is 2.57 bits per heavy atom. The minimum atomic E-state index is -0.839. The number of Topliss-reactive ketones (excluding diaryl/α,β-unsaturated/α-hetero) is 1. The SMILES string of the molecule is CCCc1c(COCCCC(=O)O)ccc(C(C)=O)c1O. The molecule has 21 heavy (non-hydrogen) atoms. The lowest BCUT2D eigenvalue weighted by molar-refractivity contribution is -0.137. The van der Waals surface area contributed by atoms with Gasteiger partial charge in [0.25, 0.3) is 0 Å². The van der Waals surface area contributed by atoms with E-state index in [1.807, 2.05) is 6.92 Å². The zero-order valence-electron chi connectivity index (χ0n) is 12.5. The molecule has 0 aromatic heterocycles. The first-order valence-electron chi connectivity index (χ1n) is 7.11. The Morgan fingerprint density at radius 1 is 1.29 bits per heavy atom. The zero-order valence-corrected chi connectivity index (χ0v) is 12.5. The van der Waals surface area contributed by atoms with Crippen LogP contribution in [-0.4, -0.2) is 28.6 Å². The van der Waals surface area contributed by atoms with Gasteiger partial charge < -0.3 is 14.9 Å². The van der Waals surface area contributed by atoms with E-state index in [1.165, 1.54) is 6.92 Å². The average Bonchev–Trinajstić information content (AvgIpc) is 2.41. The Bertz CT molecular complexity index is 508. The normalized spacial score (nSPS) is 10.6. The Hall–Kier alpha value is -1.88. The van der Waals surface area contributed by atoms with Gasteiger partial charge in [-0.15, -0.1) is 0 Å². The van der Waals surface area contributed by atoms with Gasteiger partial charge in [-0.3, -0.25) is 9.59 Å². The van der Waals surface area contributed by atoms with Gasteiger partial charge in [0.1, 0.15) is 5.75 Å². The van der Waals surface area contributed by atoms with E-state index in [0.717, 1.165) is 17.5 Å². The van der Waals surface area contributed by atoms with E-state index in [0.29, 0.717) is 31.6 Å². The number of aromatic hydroxyl groups is 1. The third kappa shape index (κ3) is 5.19. The van der Waals surface area contributed by atoms with Gasteiger partial charge in [0.05, 0.1) is 12.2 Å². The number of rotatable bonds is 9. The van der Waals surface area contributed by atoms with Crippen molar-refractivity contribution in [3.63, 3.8) is 0 Å². The maximum Gasteiger partial charge on any atom is 0.303 e. The van der Waals surface area contributed by atoms with Gasteiger partial charge in [-0.1, -0.05) is 19.4 Å². The molecule has 0 fully saturated rings. The fourth-order valence-electron chi connectivity index (χ4n) is 2.13. The number of carbonyl (C=O) groups is 2. The summed E-state index contributed by atoms with van der Waals surface area (Å²) in [6.45, 7) is 4.08. The number of phenols is 1. The number of carboxylic acids is 1. The summed E-state index contributed by atoms with van der Waals surface area (Å²) in [7, 11) is 0. The van der Waals surface area contributed by atoms with Gasteiger partial charge in [0.2, 0.25) is 0 Å². The predicted octanol–water partition coefficient (Wildman–Crippen LogP) is 2.93. The summed E-state index contributed by atoms with van der Waals surface area (Å²) < 4.78 is 5.45. The first-order valence-corrected chi connectivity index (χ1v) is 7.11. The molecule has 0 atom stereocenters. The summed E-state index contributed by atoms with van der Waals surface area (Å²) in [5.74, 6) is -0.969. The Labute approximate surface area is 124 Å². The van der Waals surface area contributed by atoms with Crippen LogP contribution in [0.25, 0.3) is 0 Å². The molecule has 1 rings (SSSR count). The molecule has 0 saturated carbocycles. The van der Waals surface area contributed by atoms with Crippen molar-refractivity contribution < 1.29 is 24.5 Å². The molecular formula is C16H22O5. The van der Waals surface area contributed by atoms with Crippen LogP contribution in [0.2, 0.25) is 0 Å². The smallest absolute Gasteiger partial charge is 0.303 e. The molecule has 0 aliphatic heterocycles. The number of ether oxygens (including phenoxy) is 1. The number of ketones is 1. The molecule has 116 valence electrons. The molecule has 5 nitrogen and oxygen atoms in total. The largest absolute Gasteiger partial charge is 0.507 e. The van der Waals surface area contributed by atoms with E-state index in [-0.39, 0.29) is 18.0 Å². The fourth-order valence-corrected chi connectivity index (χ4v) is 2.13. The first kappa shape index (κ1) is 17.2. The third-order valence-corrected chi connectivity index (χ3v) is 3.20. The minimum absolute atomic E-state index is 0.0379. The highest BCUT2D eigenvalue weighted by Gasteiger charge is 2.14. The molecule has 0 heterocycles. The predicted molar refractivity (Wildman–Crippen MR) is 78.6 cm³/mol. The average molecular weight is 294 g/mol. The van der Waals surface area contributed by atoms with Gasteiger partial charge in [-0.2, -0.15) is 0 Å². The van der Waals surface area contributed by atoms with Gasteiger partial charge in [-0.05, 0) is 31.4 Å². The third-order valence-electron chi connectivity index (χ3n) is 3.20. The lowest BCUT2D eigenvalue weighted by Crippen LogP contribution is -2.04. The van der Waals surface area contributed by atoms with Gasteiger partial charge in [-0.25, -0.2) is 0 Å². The highest BCUT2D eigenvalue weighted by atomic mass is 16.5. The van der Waals surface area contributed by atoms with Crippen molar-refractivity contribution in [3.8, 4) is 5.75 Å². The maximum absolute atomic E-state index is 11.5. The van der Waals surface area contributed by atoms with Crippen molar-refractivity contribution >= 4 is 11.8 Å². The zero-order chi connectivity index (χ0) is 15.8. The summed E-state index contributed by atoms with van der Waals surface area (Å²) in [5, 5.41) is 18.7. The number of carboxylic acid groups (broad SMARTS) is 1. The second kappa shape index (κ2) is 8.42. The Morgan fingerprint density at radius 2 is 2.00 bits per heavy atom. The number of aliphatic carboxylic acids is 1. The van der Waals surface area contributed by atoms with Crippen molar-refractivity contribution in [3.05, 3.63) is 28.8 Å². The highest BCUT2D eigenvalue weighted by molar-refractivity contribution is 5.97. The van der Waals surface area contributed by atoms with Crippen molar-refractivity contribution in [1.29, 1.82) is 0 Å². The van der Waals surface area contributed by atoms with E-state index in [9.17, 15) is 14.7 Å². The molecule has 0 amide bonds. The monoisotopic (exact) mass is 294 g/mol. The van der Waals surface area contributed by atoms with Crippen molar-refractivity contribution in [2.75, 3.05) is 6.61 Å². The van der Waals surface area contributed by atoms with Crippen LogP contribution in [0.15, 0.2) is 12.1 Å². The summed E-state index contributed by atoms with van der Waals surface area (Å²) in [4.78, 5) is 21.8. The summed E-state index contributed by atoms with van der Waals surface area (Å²) in [6, 6.07) is 3.39. The van der Waals surface area contributed by atoms with Crippen molar-refractivity contribution in [1.82, 2.24) is 0 Å². The minimum Gasteiger partial charge on any atom is -0.507 e. The molecular weight excluding hydrogens is 272 g/mol. The lowest BCUT2D eigenvalue weighted by atomic mass is 9.97. The summed E-state index contributed by atoms with van der Waals surface area (Å²) in [5.41, 5.74) is 1.91. The first-order chi connectivity index (χ1) is 9.97. The quantitative estimate of drug-likeness (QED) is 0.540. The topological polar surface area (TPSA) is 83.8 Å². The highest BCUT2D eigenvalue weighted by Crippen LogP contribution is 2.28. The van der Waals surface area contributed by atoms with Gasteiger partial charge in [0, 0.05) is 18.6 Å². The summed E-state index contributed by atoms with van der Waals surface area (Å²) >= 11 is 0. The second-order valence-corrected chi connectivity index (χ2v) is 4.96. The molecule has 0 bridgehead atoms. The van der Waals surface area contributed by atoms with Crippen molar-refractivity contribution in [2.24, 2.45) is 0 Å². The van der Waals surface area contributed by atoms with Gasteiger partial charge in [0.15, 0.2) is 5.78 Å². The number of hydrogen-bond donors (Lipinski definition) is 2. The number of hydrogen-bond acceptors (Lipinski definition) is 4.